The van der Waals surface area contributed by atoms with Crippen molar-refractivity contribution in [3.63, 3.8) is 0 Å². The molecule has 1 aromatic carbocycles. The summed E-state index contributed by atoms with van der Waals surface area (Å²) in [6, 6.07) is 3.11. The molecule has 1 aromatic rings. The molecule has 0 radical (unpaired) electrons. The normalized spacial score (nSPS) is 9.82. The van der Waals surface area contributed by atoms with Gasteiger partial charge in [0.25, 0.3) is 0 Å². The van der Waals surface area contributed by atoms with Crippen molar-refractivity contribution < 1.29 is 14.0 Å². The van der Waals surface area contributed by atoms with E-state index in [1.807, 2.05) is 5.32 Å². The van der Waals surface area contributed by atoms with E-state index in [1.165, 1.54) is 12.1 Å². The number of carbonyl (C=O) groups is 2. The summed E-state index contributed by atoms with van der Waals surface area (Å²) in [6.45, 7) is 0. The summed E-state index contributed by atoms with van der Waals surface area (Å²) in [4.78, 5) is 22.3. The lowest BCUT2D eigenvalue weighted by molar-refractivity contribution is -0.119. The number of carbonyl (C=O) groups excluding carboxylic acids is 2. The predicted molar refractivity (Wildman–Crippen MR) is 63.9 cm³/mol. The third-order valence-electron chi connectivity index (χ3n) is 1.78. The van der Waals surface area contributed by atoms with Gasteiger partial charge in [-0.1, -0.05) is 17.7 Å². The van der Waals surface area contributed by atoms with E-state index in [1.54, 1.807) is 0 Å². The molecular formula is C10H9Cl2FN2O2. The minimum absolute atomic E-state index is 0.0000203. The molecule has 0 saturated heterocycles. The Bertz CT molecular complexity index is 420. The van der Waals surface area contributed by atoms with Crippen molar-refractivity contribution in [2.45, 2.75) is 6.42 Å². The smallest absolute Gasteiger partial charge is 0.304 e. The molecule has 0 aliphatic carbocycles. The van der Waals surface area contributed by atoms with Gasteiger partial charge in [-0.25, -0.2) is 9.18 Å². The first-order chi connectivity index (χ1) is 8.04. The van der Waals surface area contributed by atoms with Crippen molar-refractivity contribution in [3.8, 4) is 0 Å². The number of rotatable bonds is 3. The Labute approximate surface area is 107 Å². The van der Waals surface area contributed by atoms with E-state index in [2.05, 4.69) is 5.32 Å². The van der Waals surface area contributed by atoms with Crippen LogP contribution in [0.4, 0.5) is 14.9 Å². The molecule has 2 N–H and O–H groups in total. The summed E-state index contributed by atoms with van der Waals surface area (Å²) < 4.78 is 13.3. The predicted octanol–water partition coefficient (Wildman–Crippen LogP) is 2.76. The van der Waals surface area contributed by atoms with Crippen LogP contribution in [0.15, 0.2) is 18.2 Å². The second-order valence-electron chi connectivity index (χ2n) is 3.04. The van der Waals surface area contributed by atoms with Crippen molar-refractivity contribution in [3.05, 3.63) is 29.0 Å². The zero-order valence-corrected chi connectivity index (χ0v) is 10.1. The number of para-hydroxylation sites is 1. The molecule has 0 fully saturated rings. The lowest BCUT2D eigenvalue weighted by Gasteiger charge is -2.08. The van der Waals surface area contributed by atoms with Crippen LogP contribution in [0.3, 0.4) is 0 Å². The minimum Gasteiger partial charge on any atom is -0.304 e. The zero-order chi connectivity index (χ0) is 12.8. The van der Waals surface area contributed by atoms with Crippen LogP contribution in [0, 0.1) is 5.82 Å². The Hall–Kier alpha value is -1.33. The van der Waals surface area contributed by atoms with Crippen LogP contribution >= 0.6 is 23.2 Å². The van der Waals surface area contributed by atoms with Crippen LogP contribution in [0.2, 0.25) is 5.02 Å². The summed E-state index contributed by atoms with van der Waals surface area (Å²) in [5, 5.41) is 4.18. The molecule has 0 unspecified atom stereocenters. The average Bonchev–Trinajstić information content (AvgIpc) is 2.24. The summed E-state index contributed by atoms with van der Waals surface area (Å²) in [5.41, 5.74) is -0.176. The number of urea groups is 1. The van der Waals surface area contributed by atoms with E-state index in [-0.39, 0.29) is 23.0 Å². The maximum absolute atomic E-state index is 13.3. The molecule has 3 amide bonds. The molecule has 7 heteroatoms. The van der Waals surface area contributed by atoms with Crippen LogP contribution in [-0.4, -0.2) is 17.8 Å². The van der Waals surface area contributed by atoms with Gasteiger partial charge in [-0.05, 0) is 12.1 Å². The molecule has 0 aliphatic heterocycles. The number of hydrogen-bond donors (Lipinski definition) is 2. The molecule has 4 nitrogen and oxygen atoms in total. The van der Waals surface area contributed by atoms with Crippen molar-refractivity contribution >= 4 is 40.8 Å². The van der Waals surface area contributed by atoms with Gasteiger partial charge >= 0.3 is 6.03 Å². The third kappa shape index (κ3) is 4.20. The van der Waals surface area contributed by atoms with E-state index in [4.69, 9.17) is 23.2 Å². The van der Waals surface area contributed by atoms with Gasteiger partial charge in [0.2, 0.25) is 5.91 Å². The van der Waals surface area contributed by atoms with Gasteiger partial charge in [0.15, 0.2) is 0 Å². The molecule has 0 heterocycles. The first kappa shape index (κ1) is 13.7. The van der Waals surface area contributed by atoms with Crippen LogP contribution < -0.4 is 10.6 Å². The zero-order valence-electron chi connectivity index (χ0n) is 8.60. The summed E-state index contributed by atoms with van der Waals surface area (Å²) in [7, 11) is 0. The highest BCUT2D eigenvalue weighted by Gasteiger charge is 2.12. The van der Waals surface area contributed by atoms with E-state index in [9.17, 15) is 14.0 Å². The Morgan fingerprint density at radius 1 is 1.35 bits per heavy atom. The van der Waals surface area contributed by atoms with Crippen molar-refractivity contribution in [1.82, 2.24) is 5.32 Å². The molecule has 92 valence electrons. The first-order valence-electron chi connectivity index (χ1n) is 4.65. The highest BCUT2D eigenvalue weighted by atomic mass is 35.5. The maximum atomic E-state index is 13.3. The monoisotopic (exact) mass is 278 g/mol. The molecule has 0 aliphatic rings. The van der Waals surface area contributed by atoms with E-state index < -0.39 is 17.8 Å². The molecule has 0 bridgehead atoms. The van der Waals surface area contributed by atoms with Crippen molar-refractivity contribution in [2.75, 3.05) is 11.2 Å². The quantitative estimate of drug-likeness (QED) is 0.836. The second-order valence-corrected chi connectivity index (χ2v) is 3.82. The van der Waals surface area contributed by atoms with Gasteiger partial charge in [-0.15, -0.1) is 11.6 Å². The third-order valence-corrected chi connectivity index (χ3v) is 2.28. The SMILES string of the molecule is O=C(CCCl)NC(=O)Nc1c(F)cccc1Cl. The topological polar surface area (TPSA) is 58.2 Å². The van der Waals surface area contributed by atoms with Crippen LogP contribution in [0.1, 0.15) is 6.42 Å². The van der Waals surface area contributed by atoms with Gasteiger partial charge < -0.3 is 5.32 Å². The highest BCUT2D eigenvalue weighted by molar-refractivity contribution is 6.33. The van der Waals surface area contributed by atoms with Gasteiger partial charge in [-0.3, -0.25) is 10.1 Å². The van der Waals surface area contributed by atoms with Gasteiger partial charge in [-0.2, -0.15) is 0 Å². The fourth-order valence-electron chi connectivity index (χ4n) is 1.04. The summed E-state index contributed by atoms with van der Waals surface area (Å²) >= 11 is 11.0. The van der Waals surface area contributed by atoms with Crippen molar-refractivity contribution in [2.24, 2.45) is 0 Å². The molecule has 1 rings (SSSR count). The van der Waals surface area contributed by atoms with Gasteiger partial charge in [0.1, 0.15) is 5.82 Å². The van der Waals surface area contributed by atoms with Gasteiger partial charge in [0, 0.05) is 12.3 Å². The number of hydrogen-bond acceptors (Lipinski definition) is 2. The Balaban J connectivity index is 2.65. The van der Waals surface area contributed by atoms with E-state index in [0.29, 0.717) is 0 Å². The van der Waals surface area contributed by atoms with Crippen LogP contribution in [-0.2, 0) is 4.79 Å². The lowest BCUT2D eigenvalue weighted by Crippen LogP contribution is -2.34. The fraction of sp³-hybridized carbons (Fsp3) is 0.200. The Kier molecular flexibility index (Phi) is 5.18. The lowest BCUT2D eigenvalue weighted by atomic mass is 10.3. The van der Waals surface area contributed by atoms with Crippen molar-refractivity contribution in [1.29, 1.82) is 0 Å². The Morgan fingerprint density at radius 2 is 2.06 bits per heavy atom. The number of anilines is 1. The average molecular weight is 279 g/mol. The summed E-state index contributed by atoms with van der Waals surface area (Å²) in [6.07, 6.45) is -0.0000203. The number of halogens is 3. The van der Waals surface area contributed by atoms with Crippen LogP contribution in [0.5, 0.6) is 0 Å². The molecular weight excluding hydrogens is 270 g/mol. The maximum Gasteiger partial charge on any atom is 0.326 e. The molecule has 0 aromatic heterocycles. The standard InChI is InChI=1S/C10H9Cl2FN2O2/c11-5-4-8(16)14-10(17)15-9-6(12)2-1-3-7(9)13/h1-3H,4-5H2,(H2,14,15,16,17). The minimum atomic E-state index is -0.855. The van der Waals surface area contributed by atoms with Gasteiger partial charge in [0.05, 0.1) is 10.7 Å². The highest BCUT2D eigenvalue weighted by Crippen LogP contribution is 2.24. The number of imide groups is 1. The Morgan fingerprint density at radius 3 is 2.65 bits per heavy atom. The summed E-state index contributed by atoms with van der Waals surface area (Å²) in [5.74, 6) is -1.14. The number of alkyl halides is 1. The number of nitrogens with one attached hydrogen (secondary N) is 2. The molecule has 0 atom stereocenters. The second kappa shape index (κ2) is 6.42. The fourth-order valence-corrected chi connectivity index (χ4v) is 1.42. The number of amides is 3. The van der Waals surface area contributed by atoms with E-state index >= 15 is 0 Å². The van der Waals surface area contributed by atoms with Crippen LogP contribution in [0.25, 0.3) is 0 Å². The van der Waals surface area contributed by atoms with E-state index in [0.717, 1.165) is 6.07 Å². The number of benzene rings is 1. The molecule has 17 heavy (non-hydrogen) atoms. The molecule has 0 spiro atoms. The largest absolute Gasteiger partial charge is 0.326 e. The molecule has 0 saturated carbocycles. The first-order valence-corrected chi connectivity index (χ1v) is 5.56.